The Labute approximate surface area is 69.6 Å². The van der Waals surface area contributed by atoms with Gasteiger partial charge in [-0.15, -0.1) is 0 Å². The molecule has 0 saturated carbocycles. The van der Waals surface area contributed by atoms with Gasteiger partial charge in [0.2, 0.25) is 0 Å². The topological polar surface area (TPSA) is 21.3 Å². The van der Waals surface area contributed by atoms with Crippen LogP contribution in [0.3, 0.4) is 0 Å². The van der Waals surface area contributed by atoms with Crippen LogP contribution in [0.4, 0.5) is 0 Å². The average molecular weight is 157 g/mol. The third kappa shape index (κ3) is 6.07. The zero-order chi connectivity index (χ0) is 8.69. The van der Waals surface area contributed by atoms with E-state index >= 15 is 0 Å². The van der Waals surface area contributed by atoms with Crippen molar-refractivity contribution in [2.75, 3.05) is 20.8 Å². The van der Waals surface area contributed by atoms with Gasteiger partial charge < -0.3 is 10.1 Å². The summed E-state index contributed by atoms with van der Waals surface area (Å²) in [6, 6.07) is 0.458. The van der Waals surface area contributed by atoms with E-state index in [4.69, 9.17) is 4.74 Å². The minimum Gasteiger partial charge on any atom is -0.385 e. The molecule has 0 aliphatic carbocycles. The first kappa shape index (κ1) is 10.7. The van der Waals surface area contributed by atoms with Gasteiger partial charge in [-0.1, -0.05) is 11.6 Å². The molecule has 0 heterocycles. The van der Waals surface area contributed by atoms with Crippen molar-refractivity contribution in [1.82, 2.24) is 5.32 Å². The van der Waals surface area contributed by atoms with Crippen LogP contribution in [-0.2, 0) is 4.74 Å². The molecule has 0 bridgehead atoms. The minimum absolute atomic E-state index is 0.458. The van der Waals surface area contributed by atoms with Gasteiger partial charge in [-0.3, -0.25) is 0 Å². The number of hydrogen-bond donors (Lipinski definition) is 1. The molecule has 0 rings (SSSR count). The smallest absolute Gasteiger partial charge is 0.0480 e. The van der Waals surface area contributed by atoms with Gasteiger partial charge in [0.1, 0.15) is 0 Å². The molecule has 0 radical (unpaired) electrons. The first-order valence-corrected chi connectivity index (χ1v) is 4.02. The Bertz CT molecular complexity index is 117. The average Bonchev–Trinajstić information content (AvgIpc) is 1.97. The number of ether oxygens (including phenoxy) is 1. The van der Waals surface area contributed by atoms with Gasteiger partial charge in [-0.2, -0.15) is 0 Å². The third-order valence-corrected chi connectivity index (χ3v) is 1.54. The van der Waals surface area contributed by atoms with Crippen LogP contribution in [0.2, 0.25) is 0 Å². The maximum absolute atomic E-state index is 4.99. The summed E-state index contributed by atoms with van der Waals surface area (Å²) >= 11 is 0. The van der Waals surface area contributed by atoms with Crippen LogP contribution in [0, 0.1) is 0 Å². The molecule has 0 saturated heterocycles. The fourth-order valence-corrected chi connectivity index (χ4v) is 0.958. The molecule has 0 aromatic carbocycles. The first-order chi connectivity index (χ1) is 5.20. The Morgan fingerprint density at radius 3 is 2.55 bits per heavy atom. The van der Waals surface area contributed by atoms with Gasteiger partial charge in [0, 0.05) is 19.8 Å². The summed E-state index contributed by atoms with van der Waals surface area (Å²) in [5.74, 6) is 0. The molecule has 0 amide bonds. The molecule has 0 fully saturated rings. The molecule has 11 heavy (non-hydrogen) atoms. The summed E-state index contributed by atoms with van der Waals surface area (Å²) in [5.41, 5.74) is 1.35. The van der Waals surface area contributed by atoms with Crippen molar-refractivity contribution in [2.45, 2.75) is 26.3 Å². The number of likely N-dealkylation sites (N-methyl/N-ethyl adjacent to an activating group) is 1. The molecule has 1 N–H and O–H groups in total. The molecule has 1 unspecified atom stereocenters. The van der Waals surface area contributed by atoms with Crippen LogP contribution in [0.1, 0.15) is 20.3 Å². The van der Waals surface area contributed by atoms with Crippen LogP contribution in [0.5, 0.6) is 0 Å². The second kappa shape index (κ2) is 6.38. The van der Waals surface area contributed by atoms with E-state index < -0.39 is 0 Å². The molecule has 0 spiro atoms. The van der Waals surface area contributed by atoms with E-state index in [1.54, 1.807) is 7.11 Å². The van der Waals surface area contributed by atoms with Crippen molar-refractivity contribution in [3.05, 3.63) is 11.6 Å². The Hall–Kier alpha value is -0.340. The maximum Gasteiger partial charge on any atom is 0.0480 e. The van der Waals surface area contributed by atoms with Crippen molar-refractivity contribution >= 4 is 0 Å². The summed E-state index contributed by atoms with van der Waals surface area (Å²) in [7, 11) is 3.70. The highest BCUT2D eigenvalue weighted by Gasteiger charge is 1.99. The number of methoxy groups -OCH3 is 1. The highest BCUT2D eigenvalue weighted by atomic mass is 16.5. The maximum atomic E-state index is 4.99. The summed E-state index contributed by atoms with van der Waals surface area (Å²) < 4.78 is 4.99. The predicted octanol–water partition coefficient (Wildman–Crippen LogP) is 1.58. The quantitative estimate of drug-likeness (QED) is 0.612. The largest absolute Gasteiger partial charge is 0.385 e. The lowest BCUT2D eigenvalue weighted by atomic mass is 10.1. The molecule has 2 heteroatoms. The van der Waals surface area contributed by atoms with E-state index in [1.807, 2.05) is 7.05 Å². The standard InChI is InChI=1S/C9H19NO/c1-8(2)7-9(10-3)5-6-11-4/h7,9-10H,5-6H2,1-4H3. The van der Waals surface area contributed by atoms with Crippen molar-refractivity contribution < 1.29 is 4.74 Å². The molecule has 0 aliphatic rings. The van der Waals surface area contributed by atoms with E-state index in [-0.39, 0.29) is 0 Å². The molecule has 1 atom stereocenters. The van der Waals surface area contributed by atoms with Crippen LogP contribution >= 0.6 is 0 Å². The van der Waals surface area contributed by atoms with Crippen LogP contribution in [0.15, 0.2) is 11.6 Å². The summed E-state index contributed by atoms with van der Waals surface area (Å²) in [5, 5.41) is 3.21. The number of hydrogen-bond acceptors (Lipinski definition) is 2. The fourth-order valence-electron chi connectivity index (χ4n) is 0.958. The van der Waals surface area contributed by atoms with E-state index in [2.05, 4.69) is 25.2 Å². The Kier molecular flexibility index (Phi) is 6.18. The molecular formula is C9H19NO. The van der Waals surface area contributed by atoms with E-state index in [0.717, 1.165) is 13.0 Å². The van der Waals surface area contributed by atoms with E-state index in [0.29, 0.717) is 6.04 Å². The predicted molar refractivity (Wildman–Crippen MR) is 48.8 cm³/mol. The van der Waals surface area contributed by atoms with Gasteiger partial charge in [0.25, 0.3) is 0 Å². The lowest BCUT2D eigenvalue weighted by molar-refractivity contribution is 0.189. The van der Waals surface area contributed by atoms with Crippen molar-refractivity contribution in [3.63, 3.8) is 0 Å². The fraction of sp³-hybridized carbons (Fsp3) is 0.778. The number of nitrogens with one attached hydrogen (secondary N) is 1. The Morgan fingerprint density at radius 1 is 1.55 bits per heavy atom. The van der Waals surface area contributed by atoms with Gasteiger partial charge in [-0.05, 0) is 27.3 Å². The summed E-state index contributed by atoms with van der Waals surface area (Å²) in [6.07, 6.45) is 3.26. The SMILES string of the molecule is CNC(C=C(C)C)CCOC. The zero-order valence-electron chi connectivity index (χ0n) is 7.98. The molecule has 66 valence electrons. The van der Waals surface area contributed by atoms with Crippen molar-refractivity contribution in [2.24, 2.45) is 0 Å². The molecule has 0 aromatic rings. The summed E-state index contributed by atoms with van der Waals surface area (Å²) in [6.45, 7) is 5.03. The molecular weight excluding hydrogens is 138 g/mol. The molecule has 0 aromatic heterocycles. The van der Waals surface area contributed by atoms with E-state index in [1.165, 1.54) is 5.57 Å². The Balaban J connectivity index is 3.67. The second-order valence-corrected chi connectivity index (χ2v) is 2.92. The summed E-state index contributed by atoms with van der Waals surface area (Å²) in [4.78, 5) is 0. The van der Waals surface area contributed by atoms with Crippen LogP contribution in [0.25, 0.3) is 0 Å². The van der Waals surface area contributed by atoms with Crippen LogP contribution < -0.4 is 5.32 Å². The van der Waals surface area contributed by atoms with Crippen molar-refractivity contribution in [3.8, 4) is 0 Å². The van der Waals surface area contributed by atoms with Gasteiger partial charge in [0.15, 0.2) is 0 Å². The third-order valence-electron chi connectivity index (χ3n) is 1.54. The highest BCUT2D eigenvalue weighted by Crippen LogP contribution is 1.98. The van der Waals surface area contributed by atoms with Crippen LogP contribution in [-0.4, -0.2) is 26.8 Å². The van der Waals surface area contributed by atoms with E-state index in [9.17, 15) is 0 Å². The van der Waals surface area contributed by atoms with Gasteiger partial charge in [-0.25, -0.2) is 0 Å². The Morgan fingerprint density at radius 2 is 2.18 bits per heavy atom. The highest BCUT2D eigenvalue weighted by molar-refractivity contribution is 5.00. The van der Waals surface area contributed by atoms with Gasteiger partial charge in [0.05, 0.1) is 0 Å². The van der Waals surface area contributed by atoms with Crippen molar-refractivity contribution in [1.29, 1.82) is 0 Å². The zero-order valence-corrected chi connectivity index (χ0v) is 7.98. The minimum atomic E-state index is 0.458. The van der Waals surface area contributed by atoms with Gasteiger partial charge >= 0.3 is 0 Å². The monoisotopic (exact) mass is 157 g/mol. The number of rotatable bonds is 5. The normalized spacial score (nSPS) is 12.7. The second-order valence-electron chi connectivity index (χ2n) is 2.92. The number of allylic oxidation sites excluding steroid dienone is 1. The molecule has 0 aliphatic heterocycles. The lowest BCUT2D eigenvalue weighted by Gasteiger charge is -2.11. The lowest BCUT2D eigenvalue weighted by Crippen LogP contribution is -2.24. The molecule has 2 nitrogen and oxygen atoms in total. The first-order valence-electron chi connectivity index (χ1n) is 4.02.